The average Bonchev–Trinajstić information content (AvgIpc) is 2.81. The molecule has 0 fully saturated rings. The van der Waals surface area contributed by atoms with Crippen molar-refractivity contribution in [2.24, 2.45) is 4.99 Å². The Labute approximate surface area is 184 Å². The van der Waals surface area contributed by atoms with Crippen molar-refractivity contribution in [3.63, 3.8) is 0 Å². The summed E-state index contributed by atoms with van der Waals surface area (Å²) in [6, 6.07) is 34.3. The Morgan fingerprint density at radius 2 is 1.13 bits per heavy atom. The molecule has 0 unspecified atom stereocenters. The van der Waals surface area contributed by atoms with Gasteiger partial charge in [0.05, 0.1) is 11.4 Å². The Bertz CT molecular complexity index is 1180. The van der Waals surface area contributed by atoms with E-state index < -0.39 is 0 Å². The van der Waals surface area contributed by atoms with Gasteiger partial charge in [-0.1, -0.05) is 84.9 Å². The number of anilines is 1. The third-order valence-corrected chi connectivity index (χ3v) is 6.05. The highest BCUT2D eigenvalue weighted by Crippen LogP contribution is 2.28. The van der Waals surface area contributed by atoms with Gasteiger partial charge in [0.1, 0.15) is 0 Å². The summed E-state index contributed by atoms with van der Waals surface area (Å²) >= 11 is 0. The van der Waals surface area contributed by atoms with Crippen LogP contribution in [0.15, 0.2) is 102 Å². The van der Waals surface area contributed by atoms with Gasteiger partial charge in [0, 0.05) is 16.8 Å². The molecule has 8 rings (SSSR count). The van der Waals surface area contributed by atoms with E-state index in [1.165, 1.54) is 22.3 Å². The Balaban J connectivity index is 1.61. The van der Waals surface area contributed by atoms with Crippen molar-refractivity contribution in [3.05, 3.63) is 130 Å². The molecule has 31 heavy (non-hydrogen) atoms. The molecule has 0 atom stereocenters. The molecular weight excluding hydrogens is 376 g/mol. The second-order valence-electron chi connectivity index (χ2n) is 8.19. The molecule has 2 N–H and O–H groups in total. The second-order valence-corrected chi connectivity index (χ2v) is 8.19. The molecule has 4 aromatic carbocycles. The second kappa shape index (κ2) is 8.61. The van der Waals surface area contributed by atoms with Crippen LogP contribution in [0, 0.1) is 0 Å². The monoisotopic (exact) mass is 402 g/mol. The predicted octanol–water partition coefficient (Wildman–Crippen LogP) is 6.32. The lowest BCUT2D eigenvalue weighted by Crippen LogP contribution is -2.05. The van der Waals surface area contributed by atoms with E-state index in [0.29, 0.717) is 0 Å². The van der Waals surface area contributed by atoms with Gasteiger partial charge in [-0.15, -0.1) is 0 Å². The first-order valence-corrected chi connectivity index (χ1v) is 10.9. The number of hydrogen-bond acceptors (Lipinski definition) is 2. The quantitative estimate of drug-likeness (QED) is 0.316. The predicted molar refractivity (Wildman–Crippen MR) is 130 cm³/mol. The average molecular weight is 403 g/mol. The lowest BCUT2D eigenvalue weighted by molar-refractivity contribution is 0.923. The highest BCUT2D eigenvalue weighted by atomic mass is 14.8. The third-order valence-electron chi connectivity index (χ3n) is 6.05. The highest BCUT2D eigenvalue weighted by Gasteiger charge is 2.12. The molecule has 4 aromatic rings. The summed E-state index contributed by atoms with van der Waals surface area (Å²) < 4.78 is 0. The number of hydrogen-bond donors (Lipinski definition) is 1. The fraction of sp³-hybridized carbons (Fsp3) is 0.138. The molecule has 0 saturated heterocycles. The summed E-state index contributed by atoms with van der Waals surface area (Å²) in [4.78, 5) is 5.26. The molecule has 0 radical (unpaired) electrons. The summed E-state index contributed by atoms with van der Waals surface area (Å²) in [7, 11) is 0. The fourth-order valence-electron chi connectivity index (χ4n) is 4.27. The van der Waals surface area contributed by atoms with Gasteiger partial charge in [-0.25, -0.2) is 4.99 Å². The molecule has 0 aromatic heterocycles. The van der Waals surface area contributed by atoms with Gasteiger partial charge in [-0.3, -0.25) is 0 Å². The van der Waals surface area contributed by atoms with E-state index in [0.717, 1.165) is 53.9 Å². The van der Waals surface area contributed by atoms with Crippen molar-refractivity contribution in [1.29, 1.82) is 0 Å². The molecule has 152 valence electrons. The van der Waals surface area contributed by atoms with Crippen LogP contribution in [0.2, 0.25) is 0 Å². The number of aliphatic imine (C=N–C) groups is 1. The summed E-state index contributed by atoms with van der Waals surface area (Å²) in [6.45, 7) is 0. The maximum atomic E-state index is 6.30. The molecule has 4 bridgehead atoms. The number of rotatable bonds is 3. The minimum atomic E-state index is 0.918. The van der Waals surface area contributed by atoms with Crippen molar-refractivity contribution < 1.29 is 0 Å². The first-order chi connectivity index (χ1) is 15.3. The molecular formula is C29H26N2. The van der Waals surface area contributed by atoms with Crippen LogP contribution in [-0.2, 0) is 25.7 Å². The Kier molecular flexibility index (Phi) is 5.37. The van der Waals surface area contributed by atoms with Gasteiger partial charge in [0.25, 0.3) is 0 Å². The number of aryl methyl sites for hydroxylation is 4. The van der Waals surface area contributed by atoms with E-state index in [1.54, 1.807) is 0 Å². The van der Waals surface area contributed by atoms with Gasteiger partial charge >= 0.3 is 0 Å². The zero-order valence-electron chi connectivity index (χ0n) is 17.6. The number of nitrogens with zero attached hydrogens (tertiary/aromatic N) is 1. The number of benzene rings is 4. The lowest BCUT2D eigenvalue weighted by atomic mass is 9.94. The molecule has 2 heteroatoms. The van der Waals surface area contributed by atoms with Crippen LogP contribution in [-0.4, -0.2) is 5.71 Å². The topological polar surface area (TPSA) is 38.4 Å². The Morgan fingerprint density at radius 3 is 1.74 bits per heavy atom. The van der Waals surface area contributed by atoms with Crippen LogP contribution in [0.5, 0.6) is 0 Å². The normalized spacial score (nSPS) is 12.8. The van der Waals surface area contributed by atoms with Gasteiger partial charge in [-0.2, -0.15) is 0 Å². The standard InChI is InChI=1S/C29H26N2/c30-27-19-21-11-15-23(27)16-12-22-14-18-24(17-13-21)28(20-22)31-29(25-7-3-1-4-8-25)26-9-5-2-6-10-26/h1-11,14-15,18-20H,12-13,16-17,30H2. The van der Waals surface area contributed by atoms with Crippen LogP contribution < -0.4 is 5.73 Å². The van der Waals surface area contributed by atoms with E-state index in [-0.39, 0.29) is 0 Å². The largest absolute Gasteiger partial charge is 0.398 e. The lowest BCUT2D eigenvalue weighted by Gasteiger charge is -2.15. The number of nitrogens with two attached hydrogens (primary N) is 1. The summed E-state index contributed by atoms with van der Waals surface area (Å²) in [5.41, 5.74) is 16.7. The van der Waals surface area contributed by atoms with E-state index in [9.17, 15) is 0 Å². The molecule has 4 aliphatic carbocycles. The third kappa shape index (κ3) is 4.29. The minimum absolute atomic E-state index is 0.918. The number of nitrogen functional groups attached to an aromatic ring is 1. The van der Waals surface area contributed by atoms with Crippen LogP contribution in [0.3, 0.4) is 0 Å². The van der Waals surface area contributed by atoms with E-state index in [2.05, 4.69) is 84.9 Å². The van der Waals surface area contributed by atoms with Crippen molar-refractivity contribution in [3.8, 4) is 0 Å². The van der Waals surface area contributed by atoms with Gasteiger partial charge in [0.15, 0.2) is 0 Å². The molecule has 4 aliphatic rings. The SMILES string of the molecule is Nc1cc2ccc1CCc1ccc(c(N=C(c3ccccc3)c3ccccc3)c1)CC2. The molecule has 0 saturated carbocycles. The Hall–Kier alpha value is -3.65. The zero-order chi connectivity index (χ0) is 21.0. The van der Waals surface area contributed by atoms with Crippen LogP contribution in [0.4, 0.5) is 11.4 Å². The molecule has 0 aliphatic heterocycles. The summed E-state index contributed by atoms with van der Waals surface area (Å²) in [5, 5.41) is 0. The van der Waals surface area contributed by atoms with Gasteiger partial charge < -0.3 is 5.73 Å². The smallest absolute Gasteiger partial charge is 0.0781 e. The molecule has 0 heterocycles. The van der Waals surface area contributed by atoms with Crippen LogP contribution in [0.25, 0.3) is 0 Å². The zero-order valence-corrected chi connectivity index (χ0v) is 17.6. The Morgan fingerprint density at radius 1 is 0.581 bits per heavy atom. The van der Waals surface area contributed by atoms with Gasteiger partial charge in [-0.05, 0) is 60.1 Å². The van der Waals surface area contributed by atoms with Gasteiger partial charge in [0.2, 0.25) is 0 Å². The van der Waals surface area contributed by atoms with E-state index in [4.69, 9.17) is 10.7 Å². The maximum Gasteiger partial charge on any atom is 0.0781 e. The van der Waals surface area contributed by atoms with Crippen LogP contribution >= 0.6 is 0 Å². The molecule has 0 spiro atoms. The molecule has 0 amide bonds. The minimum Gasteiger partial charge on any atom is -0.398 e. The molecule has 2 nitrogen and oxygen atoms in total. The summed E-state index contributed by atoms with van der Waals surface area (Å²) in [5.74, 6) is 0. The first-order valence-electron chi connectivity index (χ1n) is 10.9. The van der Waals surface area contributed by atoms with Crippen LogP contribution in [0.1, 0.15) is 33.4 Å². The van der Waals surface area contributed by atoms with E-state index in [1.807, 2.05) is 12.1 Å². The van der Waals surface area contributed by atoms with Crippen molar-refractivity contribution in [1.82, 2.24) is 0 Å². The van der Waals surface area contributed by atoms with Crippen molar-refractivity contribution in [2.75, 3.05) is 5.73 Å². The van der Waals surface area contributed by atoms with E-state index >= 15 is 0 Å². The maximum absolute atomic E-state index is 6.30. The van der Waals surface area contributed by atoms with Crippen molar-refractivity contribution in [2.45, 2.75) is 25.7 Å². The van der Waals surface area contributed by atoms with Crippen molar-refractivity contribution >= 4 is 17.1 Å². The highest BCUT2D eigenvalue weighted by molar-refractivity contribution is 6.14. The fourth-order valence-corrected chi connectivity index (χ4v) is 4.27. The summed E-state index contributed by atoms with van der Waals surface area (Å²) in [6.07, 6.45) is 3.80. The first kappa shape index (κ1) is 19.3.